The summed E-state index contributed by atoms with van der Waals surface area (Å²) in [5, 5.41) is 5.50. The number of nitrogens with one attached hydrogen (secondary N) is 1. The summed E-state index contributed by atoms with van der Waals surface area (Å²) in [4.78, 5) is 0. The molecule has 0 fully saturated rings. The lowest BCUT2D eigenvalue weighted by Crippen LogP contribution is -2.24. The Morgan fingerprint density at radius 2 is 1.71 bits per heavy atom. The lowest BCUT2D eigenvalue weighted by atomic mass is 9.98. The monoisotopic (exact) mass is 341 g/mol. The molecule has 1 nitrogen and oxygen atoms in total. The third-order valence-corrected chi connectivity index (χ3v) is 4.48. The van der Waals surface area contributed by atoms with Crippen molar-refractivity contribution in [2.75, 3.05) is 6.54 Å². The molecule has 0 heterocycles. The lowest BCUT2D eigenvalue weighted by Gasteiger charge is -2.20. The van der Waals surface area contributed by atoms with Crippen LogP contribution in [0, 0.1) is 0 Å². The predicted molar refractivity (Wildman–Crippen MR) is 92.7 cm³/mol. The minimum absolute atomic E-state index is 0.166. The quantitative estimate of drug-likeness (QED) is 0.686. The van der Waals surface area contributed by atoms with Crippen LogP contribution in [0.2, 0.25) is 15.1 Å². The Hall–Kier alpha value is -0.730. The molecule has 1 N–H and O–H groups in total. The molecule has 2 rings (SSSR count). The molecule has 0 aliphatic heterocycles. The van der Waals surface area contributed by atoms with E-state index in [9.17, 15) is 0 Å². The first-order valence-electron chi connectivity index (χ1n) is 7.03. The van der Waals surface area contributed by atoms with Crippen LogP contribution in [0.3, 0.4) is 0 Å². The SMILES string of the molecule is CCCNC(Cc1ccccc1Cl)c1ccc(Cl)c(Cl)c1. The molecule has 1 atom stereocenters. The summed E-state index contributed by atoms with van der Waals surface area (Å²) in [6, 6.07) is 13.9. The van der Waals surface area contributed by atoms with E-state index in [4.69, 9.17) is 34.8 Å². The topological polar surface area (TPSA) is 12.0 Å². The van der Waals surface area contributed by atoms with Gasteiger partial charge in [-0.15, -0.1) is 0 Å². The Labute approximate surface area is 141 Å². The van der Waals surface area contributed by atoms with E-state index in [2.05, 4.69) is 18.3 Å². The van der Waals surface area contributed by atoms with Crippen molar-refractivity contribution in [2.24, 2.45) is 0 Å². The third-order valence-electron chi connectivity index (χ3n) is 3.37. The van der Waals surface area contributed by atoms with Gasteiger partial charge in [-0.2, -0.15) is 0 Å². The first-order valence-corrected chi connectivity index (χ1v) is 8.17. The maximum absolute atomic E-state index is 6.27. The van der Waals surface area contributed by atoms with E-state index in [0.29, 0.717) is 10.0 Å². The highest BCUT2D eigenvalue weighted by Crippen LogP contribution is 2.28. The van der Waals surface area contributed by atoms with Gasteiger partial charge >= 0.3 is 0 Å². The fraction of sp³-hybridized carbons (Fsp3) is 0.294. The van der Waals surface area contributed by atoms with Crippen molar-refractivity contribution in [2.45, 2.75) is 25.8 Å². The van der Waals surface area contributed by atoms with Crippen LogP contribution in [0.5, 0.6) is 0 Å². The van der Waals surface area contributed by atoms with Gasteiger partial charge in [0.05, 0.1) is 10.0 Å². The van der Waals surface area contributed by atoms with E-state index in [1.54, 1.807) is 0 Å². The maximum Gasteiger partial charge on any atom is 0.0595 e. The lowest BCUT2D eigenvalue weighted by molar-refractivity contribution is 0.529. The van der Waals surface area contributed by atoms with Crippen LogP contribution in [0.1, 0.15) is 30.5 Å². The van der Waals surface area contributed by atoms with Crippen LogP contribution in [-0.4, -0.2) is 6.54 Å². The van der Waals surface area contributed by atoms with E-state index < -0.39 is 0 Å². The molecular formula is C17H18Cl3N. The van der Waals surface area contributed by atoms with Crippen molar-refractivity contribution in [1.29, 1.82) is 0 Å². The average Bonchev–Trinajstić information content (AvgIpc) is 2.48. The summed E-state index contributed by atoms with van der Waals surface area (Å²) < 4.78 is 0. The summed E-state index contributed by atoms with van der Waals surface area (Å²) in [7, 11) is 0. The van der Waals surface area contributed by atoms with Gasteiger partial charge in [0, 0.05) is 11.1 Å². The molecule has 0 bridgehead atoms. The van der Waals surface area contributed by atoms with Crippen molar-refractivity contribution in [3.05, 3.63) is 68.7 Å². The number of benzene rings is 2. The van der Waals surface area contributed by atoms with Crippen LogP contribution >= 0.6 is 34.8 Å². The van der Waals surface area contributed by atoms with Gasteiger partial charge in [0.1, 0.15) is 0 Å². The summed E-state index contributed by atoms with van der Waals surface area (Å²) in [6.07, 6.45) is 1.89. The van der Waals surface area contributed by atoms with Gasteiger partial charge in [-0.3, -0.25) is 0 Å². The molecule has 0 saturated heterocycles. The molecule has 0 aliphatic rings. The Morgan fingerprint density at radius 3 is 2.38 bits per heavy atom. The van der Waals surface area contributed by atoms with Crippen LogP contribution in [-0.2, 0) is 6.42 Å². The van der Waals surface area contributed by atoms with Gasteiger partial charge in [0.15, 0.2) is 0 Å². The first-order chi connectivity index (χ1) is 10.1. The first kappa shape index (κ1) is 16.6. The average molecular weight is 343 g/mol. The van der Waals surface area contributed by atoms with Gasteiger partial charge in [-0.05, 0) is 48.7 Å². The number of rotatable bonds is 6. The van der Waals surface area contributed by atoms with E-state index in [0.717, 1.165) is 35.5 Å². The smallest absolute Gasteiger partial charge is 0.0595 e. The van der Waals surface area contributed by atoms with Crippen molar-refractivity contribution in [3.63, 3.8) is 0 Å². The highest BCUT2D eigenvalue weighted by Gasteiger charge is 2.14. The van der Waals surface area contributed by atoms with E-state index in [1.807, 2.05) is 36.4 Å². The van der Waals surface area contributed by atoms with Gasteiger partial charge < -0.3 is 5.32 Å². The fourth-order valence-corrected chi connectivity index (χ4v) is 2.76. The van der Waals surface area contributed by atoms with Gasteiger partial charge in [-0.25, -0.2) is 0 Å². The Balaban J connectivity index is 2.25. The Bertz CT molecular complexity index is 598. The van der Waals surface area contributed by atoms with Crippen LogP contribution in [0.4, 0.5) is 0 Å². The van der Waals surface area contributed by atoms with Crippen LogP contribution < -0.4 is 5.32 Å². The van der Waals surface area contributed by atoms with E-state index >= 15 is 0 Å². The molecule has 21 heavy (non-hydrogen) atoms. The molecule has 2 aromatic rings. The molecule has 0 spiro atoms. The number of hydrogen-bond donors (Lipinski definition) is 1. The molecule has 0 amide bonds. The van der Waals surface area contributed by atoms with Crippen molar-refractivity contribution in [3.8, 4) is 0 Å². The zero-order valence-corrected chi connectivity index (χ0v) is 14.1. The van der Waals surface area contributed by atoms with E-state index in [-0.39, 0.29) is 6.04 Å². The van der Waals surface area contributed by atoms with Gasteiger partial charge in [-0.1, -0.05) is 66.0 Å². The number of halogens is 3. The molecular weight excluding hydrogens is 325 g/mol. The molecule has 2 aromatic carbocycles. The maximum atomic E-state index is 6.27. The Kier molecular flexibility index (Phi) is 6.38. The highest BCUT2D eigenvalue weighted by atomic mass is 35.5. The summed E-state index contributed by atoms with van der Waals surface area (Å²) in [5.74, 6) is 0. The second kappa shape index (κ2) is 8.05. The zero-order valence-electron chi connectivity index (χ0n) is 11.9. The second-order valence-corrected chi connectivity index (χ2v) is 6.20. The molecule has 0 aliphatic carbocycles. The minimum Gasteiger partial charge on any atom is -0.310 e. The largest absolute Gasteiger partial charge is 0.310 e. The molecule has 0 radical (unpaired) electrons. The third kappa shape index (κ3) is 4.62. The van der Waals surface area contributed by atoms with Crippen LogP contribution in [0.25, 0.3) is 0 Å². The van der Waals surface area contributed by atoms with E-state index in [1.165, 1.54) is 0 Å². The van der Waals surface area contributed by atoms with Crippen LogP contribution in [0.15, 0.2) is 42.5 Å². The molecule has 1 unspecified atom stereocenters. The van der Waals surface area contributed by atoms with Crippen molar-refractivity contribution < 1.29 is 0 Å². The minimum atomic E-state index is 0.166. The standard InChI is InChI=1S/C17H18Cl3N/c1-2-9-21-17(11-12-5-3-4-6-14(12)18)13-7-8-15(19)16(20)10-13/h3-8,10,17,21H,2,9,11H2,1H3. The highest BCUT2D eigenvalue weighted by molar-refractivity contribution is 6.42. The van der Waals surface area contributed by atoms with Gasteiger partial charge in [0.25, 0.3) is 0 Å². The van der Waals surface area contributed by atoms with Gasteiger partial charge in [0.2, 0.25) is 0 Å². The fourth-order valence-electron chi connectivity index (χ4n) is 2.24. The summed E-state index contributed by atoms with van der Waals surface area (Å²) in [6.45, 7) is 3.09. The van der Waals surface area contributed by atoms with Crippen molar-refractivity contribution >= 4 is 34.8 Å². The summed E-state index contributed by atoms with van der Waals surface area (Å²) >= 11 is 18.4. The Morgan fingerprint density at radius 1 is 0.952 bits per heavy atom. The molecule has 112 valence electrons. The molecule has 0 saturated carbocycles. The second-order valence-electron chi connectivity index (χ2n) is 4.98. The number of hydrogen-bond acceptors (Lipinski definition) is 1. The molecule has 4 heteroatoms. The van der Waals surface area contributed by atoms with Crippen molar-refractivity contribution in [1.82, 2.24) is 5.32 Å². The predicted octanol–water partition coefficient (Wildman–Crippen LogP) is 5.93. The molecule has 0 aromatic heterocycles. The summed E-state index contributed by atoms with van der Waals surface area (Å²) in [5.41, 5.74) is 2.25. The normalized spacial score (nSPS) is 12.4. The zero-order chi connectivity index (χ0) is 15.2.